The Kier molecular flexibility index (Phi) is 6.11. The number of rotatable bonds is 6. The molecule has 0 aromatic rings. The maximum Gasteiger partial charge on any atom is 0.0546 e. The van der Waals surface area contributed by atoms with E-state index in [0.29, 0.717) is 5.41 Å². The van der Waals surface area contributed by atoms with E-state index in [0.717, 1.165) is 32.2 Å². The highest BCUT2D eigenvalue weighted by Crippen LogP contribution is 2.31. The van der Waals surface area contributed by atoms with Gasteiger partial charge in [-0.25, -0.2) is 0 Å². The Morgan fingerprint density at radius 3 is 2.89 bits per heavy atom. The van der Waals surface area contributed by atoms with E-state index in [2.05, 4.69) is 24.1 Å². The highest BCUT2D eigenvalue weighted by atomic mass is 16.5. The van der Waals surface area contributed by atoms with Crippen molar-refractivity contribution in [3.63, 3.8) is 0 Å². The van der Waals surface area contributed by atoms with E-state index < -0.39 is 0 Å². The number of ether oxygens (including phenoxy) is 1. The molecule has 0 aromatic heterocycles. The van der Waals surface area contributed by atoms with E-state index in [1.807, 2.05) is 0 Å². The molecule has 0 bridgehead atoms. The molecule has 1 N–H and O–H groups in total. The molecule has 2 fully saturated rings. The van der Waals surface area contributed by atoms with E-state index in [1.54, 1.807) is 0 Å². The smallest absolute Gasteiger partial charge is 0.0546 e. The van der Waals surface area contributed by atoms with Crippen molar-refractivity contribution in [3.05, 3.63) is 0 Å². The highest BCUT2D eigenvalue weighted by molar-refractivity contribution is 4.88. The molecule has 0 radical (unpaired) electrons. The van der Waals surface area contributed by atoms with Crippen LogP contribution in [-0.4, -0.2) is 50.8 Å². The Hall–Kier alpha value is -0.120. The summed E-state index contributed by atoms with van der Waals surface area (Å²) in [6, 6.07) is 0. The van der Waals surface area contributed by atoms with Gasteiger partial charge in [-0.1, -0.05) is 20.3 Å². The first-order valence-corrected chi connectivity index (χ1v) is 8.29. The minimum atomic E-state index is 0.365. The van der Waals surface area contributed by atoms with Gasteiger partial charge in [-0.3, -0.25) is 0 Å². The van der Waals surface area contributed by atoms with Crippen molar-refractivity contribution in [1.29, 1.82) is 0 Å². The van der Waals surface area contributed by atoms with Crippen LogP contribution in [0.3, 0.4) is 0 Å². The number of likely N-dealkylation sites (tertiary alicyclic amines) is 1. The molecule has 19 heavy (non-hydrogen) atoms. The van der Waals surface area contributed by atoms with Gasteiger partial charge in [0.1, 0.15) is 0 Å². The predicted octanol–water partition coefficient (Wildman–Crippen LogP) is 2.51. The molecular weight excluding hydrogens is 236 g/mol. The van der Waals surface area contributed by atoms with Gasteiger partial charge in [-0.2, -0.15) is 0 Å². The second-order valence-electron chi connectivity index (χ2n) is 6.59. The van der Waals surface area contributed by atoms with Crippen molar-refractivity contribution >= 4 is 0 Å². The molecule has 112 valence electrons. The summed E-state index contributed by atoms with van der Waals surface area (Å²) < 4.78 is 5.81. The Balaban J connectivity index is 1.90. The summed E-state index contributed by atoms with van der Waals surface area (Å²) in [5, 5.41) is 3.57. The van der Waals surface area contributed by atoms with Crippen LogP contribution in [-0.2, 0) is 4.74 Å². The van der Waals surface area contributed by atoms with Gasteiger partial charge in [-0.15, -0.1) is 0 Å². The monoisotopic (exact) mass is 268 g/mol. The van der Waals surface area contributed by atoms with E-state index in [1.165, 1.54) is 51.7 Å². The zero-order valence-electron chi connectivity index (χ0n) is 12.9. The highest BCUT2D eigenvalue weighted by Gasteiger charge is 2.35. The third-order valence-electron chi connectivity index (χ3n) is 4.89. The van der Waals surface area contributed by atoms with Gasteiger partial charge in [0.05, 0.1) is 6.61 Å². The second kappa shape index (κ2) is 7.61. The molecule has 2 heterocycles. The lowest BCUT2D eigenvalue weighted by molar-refractivity contribution is -0.0318. The van der Waals surface area contributed by atoms with Gasteiger partial charge in [0, 0.05) is 31.7 Å². The quantitative estimate of drug-likeness (QED) is 0.801. The van der Waals surface area contributed by atoms with Crippen molar-refractivity contribution in [2.75, 3.05) is 45.9 Å². The molecule has 2 atom stereocenters. The molecule has 2 unspecified atom stereocenters. The fraction of sp³-hybridized carbons (Fsp3) is 1.00. The lowest BCUT2D eigenvalue weighted by Gasteiger charge is -2.43. The Morgan fingerprint density at radius 1 is 1.32 bits per heavy atom. The molecule has 2 aliphatic heterocycles. The average Bonchev–Trinajstić information content (AvgIpc) is 2.46. The molecule has 0 saturated carbocycles. The number of nitrogens with zero attached hydrogens (tertiary/aromatic N) is 1. The molecule has 2 aliphatic rings. The predicted molar refractivity (Wildman–Crippen MR) is 80.5 cm³/mol. The van der Waals surface area contributed by atoms with E-state index in [4.69, 9.17) is 4.74 Å². The summed E-state index contributed by atoms with van der Waals surface area (Å²) in [7, 11) is 0. The number of hydrogen-bond donors (Lipinski definition) is 1. The Bertz CT molecular complexity index is 251. The molecule has 3 nitrogen and oxygen atoms in total. The molecule has 2 rings (SSSR count). The number of piperidine rings is 1. The molecule has 0 amide bonds. The van der Waals surface area contributed by atoms with Gasteiger partial charge < -0.3 is 15.0 Å². The van der Waals surface area contributed by atoms with E-state index in [-0.39, 0.29) is 0 Å². The van der Waals surface area contributed by atoms with Crippen molar-refractivity contribution in [2.24, 2.45) is 11.3 Å². The van der Waals surface area contributed by atoms with Gasteiger partial charge >= 0.3 is 0 Å². The van der Waals surface area contributed by atoms with Crippen LogP contribution in [0.15, 0.2) is 0 Å². The summed E-state index contributed by atoms with van der Waals surface area (Å²) in [4.78, 5) is 2.71. The molecular formula is C16H32N2O. The number of hydrogen-bond acceptors (Lipinski definition) is 3. The van der Waals surface area contributed by atoms with Crippen LogP contribution in [0.2, 0.25) is 0 Å². The summed E-state index contributed by atoms with van der Waals surface area (Å²) in [6.07, 6.45) is 6.72. The van der Waals surface area contributed by atoms with Gasteiger partial charge in [0.2, 0.25) is 0 Å². The van der Waals surface area contributed by atoms with Crippen LogP contribution in [0, 0.1) is 11.3 Å². The molecule has 0 spiro atoms. The molecule has 0 aromatic carbocycles. The molecule has 0 aliphatic carbocycles. The Morgan fingerprint density at radius 2 is 2.21 bits per heavy atom. The van der Waals surface area contributed by atoms with Crippen LogP contribution in [0.5, 0.6) is 0 Å². The summed E-state index contributed by atoms with van der Waals surface area (Å²) in [6.45, 7) is 12.5. The zero-order chi connectivity index (χ0) is 13.6. The van der Waals surface area contributed by atoms with Gasteiger partial charge in [-0.05, 0) is 44.7 Å². The first kappa shape index (κ1) is 15.3. The van der Waals surface area contributed by atoms with Crippen LogP contribution in [0.1, 0.15) is 46.0 Å². The van der Waals surface area contributed by atoms with Crippen molar-refractivity contribution in [1.82, 2.24) is 10.2 Å². The van der Waals surface area contributed by atoms with Gasteiger partial charge in [0.25, 0.3) is 0 Å². The Labute approximate surface area is 119 Å². The van der Waals surface area contributed by atoms with E-state index in [9.17, 15) is 0 Å². The standard InChI is InChI=1S/C16H32N2O/c1-3-15-7-5-9-18(11-15)13-16(12-17-4-2)8-6-10-19-14-16/h15,17H,3-14H2,1-2H3. The topological polar surface area (TPSA) is 24.5 Å². The molecule has 3 heteroatoms. The van der Waals surface area contributed by atoms with Crippen LogP contribution < -0.4 is 5.32 Å². The minimum Gasteiger partial charge on any atom is -0.381 e. The maximum absolute atomic E-state index is 5.81. The van der Waals surface area contributed by atoms with Crippen molar-refractivity contribution in [2.45, 2.75) is 46.0 Å². The first-order chi connectivity index (χ1) is 9.28. The third kappa shape index (κ3) is 4.44. The fourth-order valence-electron chi connectivity index (χ4n) is 3.72. The SMILES string of the molecule is CCNCC1(CN2CCCC(CC)C2)CCCOC1. The average molecular weight is 268 g/mol. The largest absolute Gasteiger partial charge is 0.381 e. The van der Waals surface area contributed by atoms with Gasteiger partial charge in [0.15, 0.2) is 0 Å². The fourth-order valence-corrected chi connectivity index (χ4v) is 3.72. The second-order valence-corrected chi connectivity index (χ2v) is 6.59. The van der Waals surface area contributed by atoms with Crippen molar-refractivity contribution in [3.8, 4) is 0 Å². The van der Waals surface area contributed by atoms with Crippen LogP contribution in [0.4, 0.5) is 0 Å². The lowest BCUT2D eigenvalue weighted by Crippen LogP contribution is -2.51. The van der Waals surface area contributed by atoms with Crippen LogP contribution in [0.25, 0.3) is 0 Å². The first-order valence-electron chi connectivity index (χ1n) is 8.29. The summed E-state index contributed by atoms with van der Waals surface area (Å²) >= 11 is 0. The van der Waals surface area contributed by atoms with E-state index >= 15 is 0 Å². The number of nitrogens with one attached hydrogen (secondary N) is 1. The summed E-state index contributed by atoms with van der Waals surface area (Å²) in [5.41, 5.74) is 0.365. The third-order valence-corrected chi connectivity index (χ3v) is 4.89. The lowest BCUT2D eigenvalue weighted by atomic mass is 9.81. The normalized spacial score (nSPS) is 33.5. The summed E-state index contributed by atoms with van der Waals surface area (Å²) in [5.74, 6) is 0.925. The van der Waals surface area contributed by atoms with Crippen molar-refractivity contribution < 1.29 is 4.74 Å². The maximum atomic E-state index is 5.81. The molecule has 2 saturated heterocycles. The minimum absolute atomic E-state index is 0.365. The van der Waals surface area contributed by atoms with Crippen LogP contribution >= 0.6 is 0 Å². The zero-order valence-corrected chi connectivity index (χ0v) is 12.9.